The Labute approximate surface area is 141 Å². The summed E-state index contributed by atoms with van der Waals surface area (Å²) in [5, 5.41) is 6.07. The Bertz CT molecular complexity index is 665. The van der Waals surface area contributed by atoms with Crippen LogP contribution in [0.1, 0.15) is 23.2 Å². The van der Waals surface area contributed by atoms with Crippen LogP contribution >= 0.6 is 0 Å². The van der Waals surface area contributed by atoms with E-state index in [1.807, 2.05) is 12.1 Å². The fourth-order valence-corrected chi connectivity index (χ4v) is 2.54. The number of nitrogens with one attached hydrogen (secondary N) is 2. The molecule has 6 nitrogen and oxygen atoms in total. The zero-order valence-corrected chi connectivity index (χ0v) is 13.6. The molecule has 1 saturated heterocycles. The number of amides is 1. The highest BCUT2D eigenvalue weighted by molar-refractivity contribution is 6.04. The van der Waals surface area contributed by atoms with Crippen molar-refractivity contribution in [3.05, 3.63) is 48.2 Å². The number of ether oxygens (including phenoxy) is 2. The number of carbonyl (C=O) groups is 1. The second kappa shape index (κ2) is 7.79. The number of anilines is 2. The van der Waals surface area contributed by atoms with E-state index in [-0.39, 0.29) is 12.0 Å². The van der Waals surface area contributed by atoms with Crippen LogP contribution in [0.15, 0.2) is 42.6 Å². The number of rotatable bonds is 6. The summed E-state index contributed by atoms with van der Waals surface area (Å²) in [5.41, 5.74) is 1.22. The molecule has 126 valence electrons. The number of hydrogen-bond donors (Lipinski definition) is 2. The average molecular weight is 327 g/mol. The predicted molar refractivity (Wildman–Crippen MR) is 92.6 cm³/mol. The second-order valence-electron chi connectivity index (χ2n) is 5.63. The van der Waals surface area contributed by atoms with Crippen LogP contribution in [0.4, 0.5) is 11.5 Å². The first-order chi connectivity index (χ1) is 11.7. The van der Waals surface area contributed by atoms with Gasteiger partial charge in [-0.1, -0.05) is 0 Å². The number of aromatic nitrogens is 1. The molecule has 3 rings (SSSR count). The van der Waals surface area contributed by atoms with Gasteiger partial charge in [-0.25, -0.2) is 4.98 Å². The molecule has 1 amide bonds. The summed E-state index contributed by atoms with van der Waals surface area (Å²) in [7, 11) is 1.59. The lowest BCUT2D eigenvalue weighted by atomic mass is 10.2. The van der Waals surface area contributed by atoms with Crippen molar-refractivity contribution in [2.24, 2.45) is 0 Å². The molecule has 0 bridgehead atoms. The number of pyridine rings is 1. The van der Waals surface area contributed by atoms with Gasteiger partial charge in [0.25, 0.3) is 5.91 Å². The third kappa shape index (κ3) is 4.23. The van der Waals surface area contributed by atoms with Crippen LogP contribution in [0, 0.1) is 0 Å². The van der Waals surface area contributed by atoms with Gasteiger partial charge in [0.05, 0.1) is 25.1 Å². The molecule has 24 heavy (non-hydrogen) atoms. The Kier molecular flexibility index (Phi) is 5.28. The van der Waals surface area contributed by atoms with E-state index in [1.165, 1.54) is 0 Å². The number of benzene rings is 1. The molecule has 0 saturated carbocycles. The van der Waals surface area contributed by atoms with Gasteiger partial charge in [-0.05, 0) is 49.2 Å². The van der Waals surface area contributed by atoms with Gasteiger partial charge in [-0.2, -0.15) is 0 Å². The number of methoxy groups -OCH3 is 1. The molecule has 6 heteroatoms. The zero-order chi connectivity index (χ0) is 16.8. The predicted octanol–water partition coefficient (Wildman–Crippen LogP) is 2.93. The van der Waals surface area contributed by atoms with Gasteiger partial charge in [0.2, 0.25) is 0 Å². The van der Waals surface area contributed by atoms with E-state index in [9.17, 15) is 4.79 Å². The molecule has 2 heterocycles. The number of carbonyl (C=O) groups excluding carboxylic acids is 1. The Morgan fingerprint density at radius 2 is 2.12 bits per heavy atom. The van der Waals surface area contributed by atoms with Crippen molar-refractivity contribution < 1.29 is 14.3 Å². The van der Waals surface area contributed by atoms with Crippen LogP contribution in [0.25, 0.3) is 0 Å². The molecule has 1 aliphatic rings. The smallest absolute Gasteiger partial charge is 0.255 e. The maximum absolute atomic E-state index is 12.2. The minimum absolute atomic E-state index is 0.181. The highest BCUT2D eigenvalue weighted by atomic mass is 16.5. The zero-order valence-electron chi connectivity index (χ0n) is 13.6. The average Bonchev–Trinajstić information content (AvgIpc) is 3.15. The van der Waals surface area contributed by atoms with E-state index in [1.54, 1.807) is 37.6 Å². The quantitative estimate of drug-likeness (QED) is 0.853. The Morgan fingerprint density at radius 1 is 1.29 bits per heavy atom. The van der Waals surface area contributed by atoms with Crippen molar-refractivity contribution >= 4 is 17.4 Å². The molecule has 1 aromatic carbocycles. The molecular weight excluding hydrogens is 306 g/mol. The molecule has 1 aromatic heterocycles. The molecule has 0 aliphatic carbocycles. The van der Waals surface area contributed by atoms with Gasteiger partial charge in [-0.15, -0.1) is 0 Å². The van der Waals surface area contributed by atoms with Gasteiger partial charge in [0, 0.05) is 18.7 Å². The van der Waals surface area contributed by atoms with Gasteiger partial charge in [0.1, 0.15) is 11.6 Å². The van der Waals surface area contributed by atoms with Gasteiger partial charge < -0.3 is 20.1 Å². The van der Waals surface area contributed by atoms with Crippen LogP contribution in [0.3, 0.4) is 0 Å². The van der Waals surface area contributed by atoms with E-state index in [2.05, 4.69) is 15.6 Å². The summed E-state index contributed by atoms with van der Waals surface area (Å²) in [4.78, 5) is 16.5. The lowest BCUT2D eigenvalue weighted by molar-refractivity contribution is 0.102. The van der Waals surface area contributed by atoms with Crippen LogP contribution in [0.5, 0.6) is 5.75 Å². The standard InChI is InChI=1S/C18H21N3O3/c1-23-15-7-4-13(5-8-15)18(22)21-14-6-9-17(19-11-14)20-12-16-3-2-10-24-16/h4-9,11,16H,2-3,10,12H2,1H3,(H,19,20)(H,21,22). The summed E-state index contributed by atoms with van der Waals surface area (Å²) >= 11 is 0. The van der Waals surface area contributed by atoms with Gasteiger partial charge in [-0.3, -0.25) is 4.79 Å². The monoisotopic (exact) mass is 327 g/mol. The number of nitrogens with zero attached hydrogens (tertiary/aromatic N) is 1. The lowest BCUT2D eigenvalue weighted by Gasteiger charge is -2.11. The first-order valence-corrected chi connectivity index (χ1v) is 8.01. The number of hydrogen-bond acceptors (Lipinski definition) is 5. The largest absolute Gasteiger partial charge is 0.497 e. The molecule has 2 aromatic rings. The van der Waals surface area contributed by atoms with E-state index in [0.29, 0.717) is 11.3 Å². The van der Waals surface area contributed by atoms with Crippen molar-refractivity contribution in [2.45, 2.75) is 18.9 Å². The third-order valence-electron chi connectivity index (χ3n) is 3.91. The first kappa shape index (κ1) is 16.3. The van der Waals surface area contributed by atoms with Crippen LogP contribution in [-0.2, 0) is 4.74 Å². The van der Waals surface area contributed by atoms with E-state index in [4.69, 9.17) is 9.47 Å². The Hall–Kier alpha value is -2.60. The van der Waals surface area contributed by atoms with Crippen molar-refractivity contribution in [3.8, 4) is 5.75 Å². The molecule has 0 spiro atoms. The van der Waals surface area contributed by atoms with Gasteiger partial charge in [0.15, 0.2) is 0 Å². The van der Waals surface area contributed by atoms with Crippen LogP contribution in [-0.4, -0.2) is 37.3 Å². The maximum Gasteiger partial charge on any atom is 0.255 e. The lowest BCUT2D eigenvalue weighted by Crippen LogP contribution is -2.19. The van der Waals surface area contributed by atoms with E-state index < -0.39 is 0 Å². The van der Waals surface area contributed by atoms with Crippen LogP contribution < -0.4 is 15.4 Å². The van der Waals surface area contributed by atoms with Crippen molar-refractivity contribution in [1.82, 2.24) is 4.98 Å². The summed E-state index contributed by atoms with van der Waals surface area (Å²) in [5.74, 6) is 1.31. The summed E-state index contributed by atoms with van der Waals surface area (Å²) in [6, 6.07) is 10.6. The molecular formula is C18H21N3O3. The topological polar surface area (TPSA) is 72.5 Å². The van der Waals surface area contributed by atoms with Crippen molar-refractivity contribution in [3.63, 3.8) is 0 Å². The van der Waals surface area contributed by atoms with E-state index in [0.717, 1.165) is 37.6 Å². The molecule has 2 N–H and O–H groups in total. The molecule has 1 atom stereocenters. The van der Waals surface area contributed by atoms with Crippen molar-refractivity contribution in [2.75, 3.05) is 30.9 Å². The summed E-state index contributed by atoms with van der Waals surface area (Å²) in [6.07, 6.45) is 4.11. The maximum atomic E-state index is 12.2. The molecule has 0 radical (unpaired) electrons. The minimum atomic E-state index is -0.181. The highest BCUT2D eigenvalue weighted by Crippen LogP contribution is 2.16. The normalized spacial score (nSPS) is 16.6. The SMILES string of the molecule is COc1ccc(C(=O)Nc2ccc(NCC3CCCO3)nc2)cc1. The molecule has 1 unspecified atom stereocenters. The fourth-order valence-electron chi connectivity index (χ4n) is 2.54. The minimum Gasteiger partial charge on any atom is -0.497 e. The third-order valence-corrected chi connectivity index (χ3v) is 3.91. The van der Waals surface area contributed by atoms with Crippen LogP contribution in [0.2, 0.25) is 0 Å². The van der Waals surface area contributed by atoms with E-state index >= 15 is 0 Å². The second-order valence-corrected chi connectivity index (χ2v) is 5.63. The fraction of sp³-hybridized carbons (Fsp3) is 0.333. The van der Waals surface area contributed by atoms with Gasteiger partial charge >= 0.3 is 0 Å². The molecule has 1 fully saturated rings. The Balaban J connectivity index is 1.53. The Morgan fingerprint density at radius 3 is 2.75 bits per heavy atom. The first-order valence-electron chi connectivity index (χ1n) is 8.01. The highest BCUT2D eigenvalue weighted by Gasteiger charge is 2.15. The summed E-state index contributed by atoms with van der Waals surface area (Å²) < 4.78 is 10.6. The molecule has 1 aliphatic heterocycles. The van der Waals surface area contributed by atoms with Crippen molar-refractivity contribution in [1.29, 1.82) is 0 Å². The summed E-state index contributed by atoms with van der Waals surface area (Å²) in [6.45, 7) is 1.60.